The Balaban J connectivity index is 0.000000175. The van der Waals surface area contributed by atoms with Crippen LogP contribution in [0.3, 0.4) is 0 Å². The van der Waals surface area contributed by atoms with Crippen LogP contribution in [-0.4, -0.2) is 104 Å². The summed E-state index contributed by atoms with van der Waals surface area (Å²) < 4.78 is 43.1. The van der Waals surface area contributed by atoms with E-state index in [0.29, 0.717) is 61.0 Å². The Hall–Kier alpha value is -3.78. The van der Waals surface area contributed by atoms with E-state index in [1.54, 1.807) is 4.90 Å². The van der Waals surface area contributed by atoms with E-state index in [2.05, 4.69) is 64.3 Å². The molecular formula is C54H79B2N3O10. The summed E-state index contributed by atoms with van der Waals surface area (Å²) in [7, 11) is -1.01. The molecule has 3 heterocycles. The van der Waals surface area contributed by atoms with Gasteiger partial charge in [-0.3, -0.25) is 0 Å². The van der Waals surface area contributed by atoms with E-state index < -0.39 is 31.9 Å². The zero-order chi connectivity index (χ0) is 48.9. The fourth-order valence-corrected chi connectivity index (χ4v) is 13.8. The first kappa shape index (κ1) is 50.2. The maximum absolute atomic E-state index is 13.1. The van der Waals surface area contributed by atoms with Gasteiger partial charge in [-0.15, -0.1) is 0 Å². The molecule has 4 bridgehead atoms. The number of rotatable bonds is 12. The molecule has 0 radical (unpaired) electrons. The SMILES string of the molecule is CC(C)(C)OC(=O)N1CCC[C@@H]1COC(=O)N[C@@H](Cc1ccccc1)B1O[C@@H]2C[C@@H]3C[C@@H](C3(C)C)[C@]2(C)O1.CC1(C)[C@@H]2C[C@H]3OB([C@H](Cc4ccccc4)NC(=O)OCC4CCCC4)O[C@@]3(C)[C@H]1C2. The fourth-order valence-electron chi connectivity index (χ4n) is 13.8. The second-order valence-electron chi connectivity index (χ2n) is 24.4. The largest absolute Gasteiger partial charge is 0.482 e. The molecule has 0 aromatic heterocycles. The molecule has 2 aromatic carbocycles. The van der Waals surface area contributed by atoms with Crippen molar-refractivity contribution >= 4 is 32.5 Å². The zero-order valence-electron chi connectivity index (χ0n) is 42.8. The molecule has 69 heavy (non-hydrogen) atoms. The van der Waals surface area contributed by atoms with Crippen molar-refractivity contribution in [2.24, 2.45) is 40.4 Å². The lowest BCUT2D eigenvalue weighted by atomic mass is 9.43. The molecule has 7 aliphatic carbocycles. The number of carbonyl (C=O) groups excluding carboxylic acids is 3. The van der Waals surface area contributed by atoms with Gasteiger partial charge in [0.1, 0.15) is 12.2 Å². The fraction of sp³-hybridized carbons (Fsp3) is 0.722. The van der Waals surface area contributed by atoms with Gasteiger partial charge in [0.05, 0.1) is 47.9 Å². The van der Waals surface area contributed by atoms with Gasteiger partial charge in [-0.2, -0.15) is 0 Å². The van der Waals surface area contributed by atoms with Crippen LogP contribution in [0.4, 0.5) is 14.4 Å². The van der Waals surface area contributed by atoms with Crippen molar-refractivity contribution in [3.8, 4) is 0 Å². The van der Waals surface area contributed by atoms with Crippen LogP contribution in [0.2, 0.25) is 0 Å². The summed E-state index contributed by atoms with van der Waals surface area (Å²) in [6.07, 6.45) is 11.0. The minimum Gasteiger partial charge on any atom is -0.449 e. The van der Waals surface area contributed by atoms with Crippen molar-refractivity contribution in [3.05, 3.63) is 71.8 Å². The number of carbonyl (C=O) groups is 3. The topological polar surface area (TPSA) is 143 Å². The molecule has 7 saturated carbocycles. The number of hydrogen-bond donors (Lipinski definition) is 2. The predicted molar refractivity (Wildman–Crippen MR) is 265 cm³/mol. The lowest BCUT2D eigenvalue weighted by molar-refractivity contribution is -0.199. The van der Waals surface area contributed by atoms with Gasteiger partial charge in [0.25, 0.3) is 0 Å². The maximum Gasteiger partial charge on any atom is 0.482 e. The molecule has 10 fully saturated rings. The summed E-state index contributed by atoms with van der Waals surface area (Å²) in [5, 5.41) is 6.14. The molecule has 3 aliphatic heterocycles. The molecule has 0 unspecified atom stereocenters. The normalized spacial score (nSPS) is 33.3. The summed E-state index contributed by atoms with van der Waals surface area (Å²) in [6, 6.07) is 20.1. The van der Waals surface area contributed by atoms with Crippen molar-refractivity contribution in [1.82, 2.24) is 15.5 Å². The average molecular weight is 952 g/mol. The molecule has 11 atom stereocenters. The quantitative estimate of drug-likeness (QED) is 0.156. The van der Waals surface area contributed by atoms with Crippen LogP contribution in [0, 0.1) is 40.4 Å². The molecular weight excluding hydrogens is 872 g/mol. The van der Waals surface area contributed by atoms with Crippen LogP contribution < -0.4 is 10.6 Å². The van der Waals surface area contributed by atoms with Gasteiger partial charge in [0.2, 0.25) is 0 Å². The summed E-state index contributed by atoms with van der Waals surface area (Å²) in [4.78, 5) is 40.0. The molecule has 3 saturated heterocycles. The number of nitrogens with one attached hydrogen (secondary N) is 2. The summed E-state index contributed by atoms with van der Waals surface area (Å²) in [5.41, 5.74) is 1.56. The second kappa shape index (κ2) is 19.7. The molecule has 2 aromatic rings. The minimum absolute atomic E-state index is 0.0289. The van der Waals surface area contributed by atoms with Crippen LogP contribution in [0.25, 0.3) is 0 Å². The number of benzene rings is 2. The number of alkyl carbamates (subject to hydrolysis) is 2. The molecule has 0 spiro atoms. The molecule has 2 N–H and O–H groups in total. The monoisotopic (exact) mass is 952 g/mol. The third-order valence-electron chi connectivity index (χ3n) is 18.1. The van der Waals surface area contributed by atoms with E-state index in [4.69, 9.17) is 32.8 Å². The van der Waals surface area contributed by atoms with E-state index in [-0.39, 0.29) is 59.6 Å². The maximum atomic E-state index is 13.1. The van der Waals surface area contributed by atoms with Crippen molar-refractivity contribution in [3.63, 3.8) is 0 Å². The smallest absolute Gasteiger partial charge is 0.449 e. The summed E-state index contributed by atoms with van der Waals surface area (Å²) >= 11 is 0. The van der Waals surface area contributed by atoms with E-state index in [1.807, 2.05) is 69.3 Å². The highest BCUT2D eigenvalue weighted by atomic mass is 16.7. The second-order valence-corrected chi connectivity index (χ2v) is 24.4. The Morgan fingerprint density at radius 1 is 0.667 bits per heavy atom. The summed E-state index contributed by atoms with van der Waals surface area (Å²) in [5.74, 6) is 2.12. The van der Waals surface area contributed by atoms with Crippen LogP contribution in [0.15, 0.2) is 60.7 Å². The third kappa shape index (κ3) is 10.5. The number of ether oxygens (including phenoxy) is 3. The van der Waals surface area contributed by atoms with Gasteiger partial charge in [-0.25, -0.2) is 14.4 Å². The van der Waals surface area contributed by atoms with Crippen LogP contribution in [0.1, 0.15) is 138 Å². The van der Waals surface area contributed by atoms with E-state index >= 15 is 0 Å². The highest BCUT2D eigenvalue weighted by Crippen LogP contribution is 2.67. The van der Waals surface area contributed by atoms with E-state index in [0.717, 1.165) is 49.7 Å². The lowest BCUT2D eigenvalue weighted by Gasteiger charge is -2.64. The zero-order valence-corrected chi connectivity index (χ0v) is 42.8. The van der Waals surface area contributed by atoms with Gasteiger partial charge in [0, 0.05) is 6.54 Å². The van der Waals surface area contributed by atoms with Crippen LogP contribution in [0.5, 0.6) is 0 Å². The van der Waals surface area contributed by atoms with Crippen molar-refractivity contribution in [2.45, 2.75) is 186 Å². The van der Waals surface area contributed by atoms with Gasteiger partial charge < -0.3 is 48.4 Å². The number of likely N-dealkylation sites (tertiary alicyclic amines) is 1. The van der Waals surface area contributed by atoms with Crippen molar-refractivity contribution in [1.29, 1.82) is 0 Å². The Labute approximate surface area is 412 Å². The third-order valence-corrected chi connectivity index (χ3v) is 18.1. The van der Waals surface area contributed by atoms with E-state index in [1.165, 1.54) is 25.7 Å². The van der Waals surface area contributed by atoms with Crippen molar-refractivity contribution in [2.75, 3.05) is 19.8 Å². The van der Waals surface area contributed by atoms with Crippen molar-refractivity contribution < 1.29 is 47.2 Å². The number of amides is 3. The van der Waals surface area contributed by atoms with Gasteiger partial charge in [-0.05, 0) is 150 Å². The first-order valence-electron chi connectivity index (χ1n) is 26.3. The van der Waals surface area contributed by atoms with E-state index in [9.17, 15) is 14.4 Å². The first-order valence-corrected chi connectivity index (χ1v) is 26.3. The summed E-state index contributed by atoms with van der Waals surface area (Å²) in [6.45, 7) is 20.6. The Bertz CT molecular complexity index is 2120. The molecule has 376 valence electrons. The Kier molecular flexibility index (Phi) is 14.3. The average Bonchev–Trinajstić information content (AvgIpc) is 4.13. The Morgan fingerprint density at radius 2 is 1.13 bits per heavy atom. The molecule has 13 nitrogen and oxygen atoms in total. The van der Waals surface area contributed by atoms with Gasteiger partial charge >= 0.3 is 32.5 Å². The highest BCUT2D eigenvalue weighted by molar-refractivity contribution is 6.48. The predicted octanol–water partition coefficient (Wildman–Crippen LogP) is 9.77. The highest BCUT2D eigenvalue weighted by Gasteiger charge is 2.70. The molecule has 15 heteroatoms. The molecule has 3 amide bonds. The number of nitrogens with zero attached hydrogens (tertiary/aromatic N) is 1. The minimum atomic E-state index is -0.572. The Morgan fingerprint density at radius 3 is 1.58 bits per heavy atom. The van der Waals surface area contributed by atoms with Gasteiger partial charge in [0.15, 0.2) is 0 Å². The van der Waals surface area contributed by atoms with Crippen LogP contribution in [-0.2, 0) is 45.7 Å². The number of hydrogen-bond acceptors (Lipinski definition) is 10. The van der Waals surface area contributed by atoms with Crippen LogP contribution >= 0.6 is 0 Å². The lowest BCUT2D eigenvalue weighted by Crippen LogP contribution is -2.65. The molecule has 10 aliphatic rings. The molecule has 12 rings (SSSR count). The first-order chi connectivity index (χ1) is 32.7. The van der Waals surface area contributed by atoms with Gasteiger partial charge in [-0.1, -0.05) is 101 Å². The standard InChI is InChI=1S/C29H43BN2O6.C25H36BNO4/c1-27(2,3)36-26(34)32-14-10-13-21(32)18-35-25(33)31-24(15-19-11-8-7-9-12-19)30-37-23-17-20-16-22(28(20,4)5)29(23,6)38-30;1-24(2)19-14-20(24)25(3)21(15-19)30-26(31-25)22(13-17-9-5-4-6-10-17)27-23(28)29-16-18-11-7-8-12-18/h7-9,11-12,20-24H,10,13-18H2,1-6H3,(H,31,33);4-6,9-10,18-22H,7-8,11-16H2,1-3H3,(H,27,28)/t20-,21+,22-,23+,24-,29-;19-,20-,21+,22-,25-/m00/s1.